The van der Waals surface area contributed by atoms with Gasteiger partial charge in [-0.05, 0) is 205 Å². The van der Waals surface area contributed by atoms with Crippen LogP contribution in [0, 0.1) is 0 Å². The van der Waals surface area contributed by atoms with Crippen LogP contribution in [0.2, 0.25) is 0 Å². The van der Waals surface area contributed by atoms with E-state index in [-0.39, 0.29) is 0 Å². The largest absolute Gasteiger partial charge is 0.208 e. The zero-order valence-electron chi connectivity index (χ0n) is 74.8. The second-order valence-corrected chi connectivity index (χ2v) is 35.0. The molecule has 0 aliphatic carbocycles. The SMILES string of the molecule is c1ccc(-c2nc(-c3ccc4ccccc4c3)nc(-c3ccc4cccc(-c5cc6ccccc6c6ccccc56)c4c3)n2)cc1.c1ccc(-c2nc(-c3ccc4ccccc4c3)nc(-c3cccc4c(-c5cccc6ccc7ccccc7c56)cccc34)n2)cc1.c1ccc(-c2nc(-c3ccc4ccccc4c3)nc(-c3cccc4cc(-c5cc6ccccc6c6ccccc56)ccc34)n2)cc1. The van der Waals surface area contributed by atoms with E-state index >= 15 is 0 Å². The number of rotatable bonds is 12. The molecule has 0 atom stereocenters. The number of hydrogen-bond acceptors (Lipinski definition) is 9. The predicted molar refractivity (Wildman–Crippen MR) is 575 cm³/mol. The minimum Gasteiger partial charge on any atom is -0.208 e. The van der Waals surface area contributed by atoms with Gasteiger partial charge >= 0.3 is 0 Å². The third kappa shape index (κ3) is 15.4. The summed E-state index contributed by atoms with van der Waals surface area (Å²) in [5, 5.41) is 28.9. The summed E-state index contributed by atoms with van der Waals surface area (Å²) in [7, 11) is 0. The van der Waals surface area contributed by atoms with Crippen molar-refractivity contribution < 1.29 is 0 Å². The Morgan fingerprint density at radius 2 is 0.355 bits per heavy atom. The molecule has 0 fully saturated rings. The molecule has 0 N–H and O–H groups in total. The van der Waals surface area contributed by atoms with Crippen molar-refractivity contribution in [1.82, 2.24) is 44.9 Å². The van der Waals surface area contributed by atoms with Gasteiger partial charge in [-0.15, -0.1) is 0 Å². The van der Waals surface area contributed by atoms with Crippen LogP contribution in [0.5, 0.6) is 0 Å². The average molecular weight is 1760 g/mol. The van der Waals surface area contributed by atoms with Crippen LogP contribution in [-0.4, -0.2) is 44.9 Å². The normalized spacial score (nSPS) is 11.5. The van der Waals surface area contributed by atoms with E-state index in [1.807, 2.05) is 78.9 Å². The molecular formula is C129H81N9. The van der Waals surface area contributed by atoms with Gasteiger partial charge in [0.05, 0.1) is 0 Å². The fourth-order valence-electron chi connectivity index (χ4n) is 19.9. The van der Waals surface area contributed by atoms with E-state index in [0.717, 1.165) is 93.2 Å². The first kappa shape index (κ1) is 81.4. The first-order valence-electron chi connectivity index (χ1n) is 46.6. The Labute approximate surface area is 795 Å². The van der Waals surface area contributed by atoms with Crippen LogP contribution < -0.4 is 0 Å². The molecule has 0 saturated heterocycles. The van der Waals surface area contributed by atoms with E-state index in [9.17, 15) is 0 Å². The summed E-state index contributed by atoms with van der Waals surface area (Å²) >= 11 is 0. The molecule has 9 heteroatoms. The molecule has 24 aromatic carbocycles. The van der Waals surface area contributed by atoms with Crippen LogP contribution in [0.1, 0.15) is 0 Å². The fourth-order valence-corrected chi connectivity index (χ4v) is 19.9. The highest BCUT2D eigenvalue weighted by Crippen LogP contribution is 2.45. The molecule has 27 rings (SSSR count). The van der Waals surface area contributed by atoms with Crippen LogP contribution in [0.15, 0.2) is 491 Å². The number of fused-ring (bicyclic) bond motifs is 15. The first-order chi connectivity index (χ1) is 68.4. The van der Waals surface area contributed by atoms with Gasteiger partial charge in [0.1, 0.15) is 0 Å². The Hall–Kier alpha value is -18.6. The average Bonchev–Trinajstić information content (AvgIpc) is 0.757. The van der Waals surface area contributed by atoms with Crippen molar-refractivity contribution in [3.8, 4) is 136 Å². The predicted octanol–water partition coefficient (Wildman–Crippen LogP) is 33.5. The van der Waals surface area contributed by atoms with Gasteiger partial charge in [-0.25, -0.2) is 44.9 Å². The van der Waals surface area contributed by atoms with Crippen molar-refractivity contribution in [2.45, 2.75) is 0 Å². The minimum atomic E-state index is 0.650. The molecule has 0 aliphatic heterocycles. The molecule has 0 radical (unpaired) electrons. The molecule has 0 unspecified atom stereocenters. The van der Waals surface area contributed by atoms with Crippen molar-refractivity contribution in [1.29, 1.82) is 0 Å². The molecular weight excluding hydrogens is 1680 g/mol. The summed E-state index contributed by atoms with van der Waals surface area (Å²) in [6.07, 6.45) is 0. The topological polar surface area (TPSA) is 116 Å². The molecule has 0 spiro atoms. The highest BCUT2D eigenvalue weighted by molar-refractivity contribution is 6.20. The van der Waals surface area contributed by atoms with E-state index in [2.05, 4.69) is 413 Å². The molecule has 3 aromatic heterocycles. The lowest BCUT2D eigenvalue weighted by atomic mass is 9.90. The van der Waals surface area contributed by atoms with Gasteiger partial charge < -0.3 is 0 Å². The number of benzene rings is 24. The molecule has 0 amide bonds. The smallest absolute Gasteiger partial charge is 0.164 e. The second kappa shape index (κ2) is 35.2. The minimum absolute atomic E-state index is 0.650. The molecule has 138 heavy (non-hydrogen) atoms. The maximum atomic E-state index is 5.13. The van der Waals surface area contributed by atoms with Gasteiger partial charge in [0, 0.05) is 50.1 Å². The molecule has 3 heterocycles. The van der Waals surface area contributed by atoms with Crippen molar-refractivity contribution in [2.75, 3.05) is 0 Å². The van der Waals surface area contributed by atoms with E-state index in [4.69, 9.17) is 44.9 Å². The number of aromatic nitrogens is 9. The van der Waals surface area contributed by atoms with Crippen LogP contribution in [0.25, 0.3) is 265 Å². The second-order valence-electron chi connectivity index (χ2n) is 35.0. The summed E-state index contributed by atoms with van der Waals surface area (Å²) in [5.41, 5.74) is 15.9. The molecule has 27 aromatic rings. The van der Waals surface area contributed by atoms with Crippen LogP contribution in [0.4, 0.5) is 0 Å². The molecule has 9 nitrogen and oxygen atoms in total. The lowest BCUT2D eigenvalue weighted by molar-refractivity contribution is 1.07. The summed E-state index contributed by atoms with van der Waals surface area (Å²) in [4.78, 5) is 45.4. The quantitative estimate of drug-likeness (QED) is 0.110. The van der Waals surface area contributed by atoms with E-state index in [1.165, 1.54) is 120 Å². The van der Waals surface area contributed by atoms with Crippen molar-refractivity contribution >= 4 is 129 Å². The zero-order valence-corrected chi connectivity index (χ0v) is 74.8. The summed E-state index contributed by atoms with van der Waals surface area (Å²) in [5.74, 6) is 5.90. The third-order valence-electron chi connectivity index (χ3n) is 26.6. The molecule has 0 bridgehead atoms. The third-order valence-corrected chi connectivity index (χ3v) is 26.6. The Bertz CT molecular complexity index is 9480. The van der Waals surface area contributed by atoms with Crippen molar-refractivity contribution in [3.63, 3.8) is 0 Å². The molecule has 0 saturated carbocycles. The van der Waals surface area contributed by atoms with Gasteiger partial charge in [0.25, 0.3) is 0 Å². The van der Waals surface area contributed by atoms with E-state index in [0.29, 0.717) is 52.4 Å². The first-order valence-corrected chi connectivity index (χ1v) is 46.6. The lowest BCUT2D eigenvalue weighted by Gasteiger charge is -2.15. The maximum Gasteiger partial charge on any atom is 0.164 e. The Morgan fingerprint density at radius 3 is 0.841 bits per heavy atom. The van der Waals surface area contributed by atoms with Crippen LogP contribution >= 0.6 is 0 Å². The summed E-state index contributed by atoms with van der Waals surface area (Å²) in [6, 6.07) is 173. The lowest BCUT2D eigenvalue weighted by Crippen LogP contribution is -2.00. The monoisotopic (exact) mass is 1760 g/mol. The Balaban J connectivity index is 0.000000110. The van der Waals surface area contributed by atoms with Gasteiger partial charge in [0.2, 0.25) is 0 Å². The summed E-state index contributed by atoms with van der Waals surface area (Å²) in [6.45, 7) is 0. The number of hydrogen-bond donors (Lipinski definition) is 0. The van der Waals surface area contributed by atoms with E-state index < -0.39 is 0 Å². The van der Waals surface area contributed by atoms with E-state index in [1.54, 1.807) is 0 Å². The maximum absolute atomic E-state index is 5.13. The van der Waals surface area contributed by atoms with Gasteiger partial charge in [-0.3, -0.25) is 0 Å². The van der Waals surface area contributed by atoms with Crippen LogP contribution in [-0.2, 0) is 0 Å². The van der Waals surface area contributed by atoms with Crippen molar-refractivity contribution in [2.24, 2.45) is 0 Å². The standard InChI is InChI=1S/3C43H27N3/c1-2-13-31(14-3-1)41-44-42(33-26-23-28-11-4-5-15-32(28)27-33)46-43(45-41)39-22-10-18-35-36(19-9-20-37(35)39)38-21-8-16-30-25-24-29-12-6-7-17-34(29)40(30)38;1-2-12-30(13-3-1)41-44-42(33-23-21-28-11-4-5-14-31(28)25-33)46-43(45-41)34-24-22-29-16-10-20-38(39(29)27-34)40-26-32-15-6-7-17-35(32)36-18-8-9-19-37(36)40;1-2-12-29(13-3-1)41-44-42(34-22-21-28-11-4-5-14-30(28)25-34)46-43(45-41)39-20-10-16-31-26-33(23-24-36(31)39)40-27-32-15-6-7-17-35(32)37-18-8-9-19-38(37)40/h3*1-27H. The fraction of sp³-hybridized carbons (Fsp3) is 0. The highest BCUT2D eigenvalue weighted by Gasteiger charge is 2.23. The van der Waals surface area contributed by atoms with Crippen molar-refractivity contribution in [3.05, 3.63) is 491 Å². The number of nitrogens with zero attached hydrogens (tertiary/aromatic N) is 9. The van der Waals surface area contributed by atoms with Crippen LogP contribution in [0.3, 0.4) is 0 Å². The zero-order chi connectivity index (χ0) is 91.4. The highest BCUT2D eigenvalue weighted by atomic mass is 15.1. The van der Waals surface area contributed by atoms with Gasteiger partial charge in [0.15, 0.2) is 52.4 Å². The van der Waals surface area contributed by atoms with Gasteiger partial charge in [-0.2, -0.15) is 0 Å². The molecule has 0 aliphatic rings. The Morgan fingerprint density at radius 1 is 0.0942 bits per heavy atom. The Kier molecular flexibility index (Phi) is 20.8. The summed E-state index contributed by atoms with van der Waals surface area (Å²) < 4.78 is 0. The van der Waals surface area contributed by atoms with Gasteiger partial charge in [-0.1, -0.05) is 449 Å². The molecule has 642 valence electrons.